The Morgan fingerprint density at radius 2 is 2.22 bits per heavy atom. The topological polar surface area (TPSA) is 71.8 Å². The first-order valence-electron chi connectivity index (χ1n) is 5.20. The van der Waals surface area contributed by atoms with Gasteiger partial charge in [-0.2, -0.15) is 13.2 Å². The van der Waals surface area contributed by atoms with Crippen molar-refractivity contribution in [1.82, 2.24) is 25.4 Å². The van der Waals surface area contributed by atoms with E-state index in [1.807, 2.05) is 0 Å². The van der Waals surface area contributed by atoms with Crippen molar-refractivity contribution < 1.29 is 18.0 Å². The molecule has 0 aliphatic rings. The van der Waals surface area contributed by atoms with Crippen molar-refractivity contribution in [3.63, 3.8) is 0 Å². The lowest BCUT2D eigenvalue weighted by Crippen LogP contribution is -2.45. The molecular weight excluding hydrogens is 251 g/mol. The van der Waals surface area contributed by atoms with Gasteiger partial charge >= 0.3 is 6.18 Å². The van der Waals surface area contributed by atoms with Crippen LogP contribution in [0.25, 0.3) is 0 Å². The van der Waals surface area contributed by atoms with E-state index < -0.39 is 24.7 Å². The van der Waals surface area contributed by atoms with Gasteiger partial charge in [0.2, 0.25) is 5.91 Å². The van der Waals surface area contributed by atoms with Gasteiger partial charge in [0.1, 0.15) is 18.7 Å². The molecule has 102 valence electrons. The Labute approximate surface area is 102 Å². The number of amides is 1. The van der Waals surface area contributed by atoms with E-state index in [1.165, 1.54) is 13.3 Å². The molecule has 0 fully saturated rings. The van der Waals surface area contributed by atoms with Gasteiger partial charge in [0, 0.05) is 7.05 Å². The van der Waals surface area contributed by atoms with Crippen LogP contribution in [0.15, 0.2) is 6.33 Å². The smallest absolute Gasteiger partial charge is 0.346 e. The Balaban J connectivity index is 2.34. The van der Waals surface area contributed by atoms with E-state index in [0.29, 0.717) is 5.82 Å². The highest BCUT2D eigenvalue weighted by Crippen LogP contribution is 2.12. The maximum absolute atomic E-state index is 11.9. The minimum Gasteiger partial charge on any atom is -0.346 e. The highest BCUT2D eigenvalue weighted by molar-refractivity contribution is 5.81. The normalized spacial score (nSPS) is 13.4. The lowest BCUT2D eigenvalue weighted by Gasteiger charge is -2.14. The van der Waals surface area contributed by atoms with Gasteiger partial charge in [-0.05, 0) is 6.92 Å². The first-order valence-corrected chi connectivity index (χ1v) is 5.20. The lowest BCUT2D eigenvalue weighted by molar-refractivity contribution is -0.139. The monoisotopic (exact) mass is 265 g/mol. The Morgan fingerprint density at radius 1 is 1.56 bits per heavy atom. The molecule has 0 saturated heterocycles. The molecule has 0 aliphatic carbocycles. The van der Waals surface area contributed by atoms with Gasteiger partial charge in [-0.1, -0.05) is 0 Å². The Bertz CT molecular complexity index is 403. The summed E-state index contributed by atoms with van der Waals surface area (Å²) in [6.45, 7) is 0.390. The van der Waals surface area contributed by atoms with Crippen LogP contribution in [0, 0.1) is 0 Å². The Morgan fingerprint density at radius 3 is 2.72 bits per heavy atom. The largest absolute Gasteiger partial charge is 0.405 e. The highest BCUT2D eigenvalue weighted by atomic mass is 19.4. The zero-order valence-corrected chi connectivity index (χ0v) is 9.95. The summed E-state index contributed by atoms with van der Waals surface area (Å²) < 4.78 is 37.3. The van der Waals surface area contributed by atoms with E-state index in [9.17, 15) is 18.0 Å². The van der Waals surface area contributed by atoms with Gasteiger partial charge in [0.25, 0.3) is 0 Å². The number of nitrogens with one attached hydrogen (secondary N) is 2. The van der Waals surface area contributed by atoms with E-state index in [4.69, 9.17) is 0 Å². The van der Waals surface area contributed by atoms with E-state index >= 15 is 0 Å². The molecule has 0 aromatic carbocycles. The lowest BCUT2D eigenvalue weighted by atomic mass is 10.3. The number of nitrogens with zero attached hydrogens (tertiary/aromatic N) is 3. The van der Waals surface area contributed by atoms with Crippen molar-refractivity contribution in [2.75, 3.05) is 6.54 Å². The summed E-state index contributed by atoms with van der Waals surface area (Å²) in [5.41, 5.74) is 0. The standard InChI is InChI=1S/C9H14F3N5O/c1-6(8(18)14-4-9(10,11)12)13-3-7-16-15-5-17(7)2/h5-6,13H,3-4H2,1-2H3,(H,14,18). The van der Waals surface area contributed by atoms with E-state index in [1.54, 1.807) is 16.9 Å². The molecule has 1 atom stereocenters. The average Bonchev–Trinajstić information content (AvgIpc) is 2.67. The number of hydrogen-bond donors (Lipinski definition) is 2. The number of aryl methyl sites for hydroxylation is 1. The zero-order valence-electron chi connectivity index (χ0n) is 9.95. The minimum absolute atomic E-state index is 0.247. The molecular formula is C9H14F3N5O. The fourth-order valence-electron chi connectivity index (χ4n) is 1.14. The molecule has 0 radical (unpaired) electrons. The van der Waals surface area contributed by atoms with Gasteiger partial charge in [-0.3, -0.25) is 10.1 Å². The molecule has 0 spiro atoms. The van der Waals surface area contributed by atoms with Crippen LogP contribution in [0.1, 0.15) is 12.7 Å². The van der Waals surface area contributed by atoms with Gasteiger partial charge in [0.15, 0.2) is 0 Å². The summed E-state index contributed by atoms with van der Waals surface area (Å²) in [6.07, 6.45) is -2.91. The summed E-state index contributed by atoms with van der Waals surface area (Å²) >= 11 is 0. The molecule has 0 saturated carbocycles. The summed E-state index contributed by atoms with van der Waals surface area (Å²) in [7, 11) is 1.73. The van der Waals surface area contributed by atoms with Crippen molar-refractivity contribution >= 4 is 5.91 Å². The van der Waals surface area contributed by atoms with Crippen molar-refractivity contribution in [2.24, 2.45) is 7.05 Å². The van der Waals surface area contributed by atoms with Crippen LogP contribution in [0.3, 0.4) is 0 Å². The van der Waals surface area contributed by atoms with Crippen LogP contribution in [0.2, 0.25) is 0 Å². The van der Waals surface area contributed by atoms with Gasteiger partial charge in [-0.25, -0.2) is 0 Å². The number of carbonyl (C=O) groups excluding carboxylic acids is 1. The van der Waals surface area contributed by atoms with Crippen LogP contribution in [-0.2, 0) is 18.4 Å². The third-order valence-electron chi connectivity index (χ3n) is 2.23. The van der Waals surface area contributed by atoms with Crippen molar-refractivity contribution in [3.05, 3.63) is 12.2 Å². The van der Waals surface area contributed by atoms with Crippen LogP contribution in [0.4, 0.5) is 13.2 Å². The Hall–Kier alpha value is -1.64. The highest BCUT2D eigenvalue weighted by Gasteiger charge is 2.28. The molecule has 1 amide bonds. The molecule has 1 unspecified atom stereocenters. The summed E-state index contributed by atoms with van der Waals surface area (Å²) in [6, 6.07) is -0.746. The summed E-state index contributed by atoms with van der Waals surface area (Å²) in [5, 5.41) is 12.0. The Kier molecular flexibility index (Phi) is 4.65. The fraction of sp³-hybridized carbons (Fsp3) is 0.667. The number of hydrogen-bond acceptors (Lipinski definition) is 4. The maximum Gasteiger partial charge on any atom is 0.405 e. The van der Waals surface area contributed by atoms with Gasteiger partial charge in [0.05, 0.1) is 12.6 Å². The predicted molar refractivity (Wildman–Crippen MR) is 56.4 cm³/mol. The summed E-state index contributed by atoms with van der Waals surface area (Å²) in [4.78, 5) is 11.3. The third kappa shape index (κ3) is 4.70. The average molecular weight is 265 g/mol. The van der Waals surface area contributed by atoms with Crippen molar-refractivity contribution in [1.29, 1.82) is 0 Å². The fourth-order valence-corrected chi connectivity index (χ4v) is 1.14. The van der Waals surface area contributed by atoms with Crippen LogP contribution >= 0.6 is 0 Å². The van der Waals surface area contributed by atoms with E-state index in [0.717, 1.165) is 0 Å². The molecule has 6 nitrogen and oxygen atoms in total. The maximum atomic E-state index is 11.9. The first kappa shape index (κ1) is 14.4. The second kappa shape index (κ2) is 5.80. The predicted octanol–water partition coefficient (Wildman–Crippen LogP) is -0.0283. The molecule has 18 heavy (non-hydrogen) atoms. The van der Waals surface area contributed by atoms with Crippen molar-refractivity contribution in [2.45, 2.75) is 25.7 Å². The molecule has 2 N–H and O–H groups in total. The van der Waals surface area contributed by atoms with Crippen LogP contribution in [0.5, 0.6) is 0 Å². The van der Waals surface area contributed by atoms with Crippen LogP contribution < -0.4 is 10.6 Å². The number of rotatable bonds is 5. The zero-order chi connectivity index (χ0) is 13.8. The van der Waals surface area contributed by atoms with E-state index in [-0.39, 0.29) is 6.54 Å². The first-order chi connectivity index (χ1) is 8.29. The molecule has 1 heterocycles. The molecule has 1 rings (SSSR count). The number of carbonyl (C=O) groups is 1. The molecule has 1 aromatic rings. The SMILES string of the molecule is CC(NCc1nncn1C)C(=O)NCC(F)(F)F. The number of aromatic nitrogens is 3. The molecule has 0 bridgehead atoms. The molecule has 0 aliphatic heterocycles. The van der Waals surface area contributed by atoms with Crippen molar-refractivity contribution in [3.8, 4) is 0 Å². The number of alkyl halides is 3. The second-order valence-electron chi connectivity index (χ2n) is 3.79. The second-order valence-corrected chi connectivity index (χ2v) is 3.79. The quantitative estimate of drug-likeness (QED) is 0.784. The third-order valence-corrected chi connectivity index (χ3v) is 2.23. The molecule has 1 aromatic heterocycles. The van der Waals surface area contributed by atoms with Gasteiger partial charge in [-0.15, -0.1) is 10.2 Å². The minimum atomic E-state index is -4.40. The van der Waals surface area contributed by atoms with E-state index in [2.05, 4.69) is 15.5 Å². The number of halogens is 3. The summed E-state index contributed by atoms with van der Waals surface area (Å²) in [5.74, 6) is -0.125. The van der Waals surface area contributed by atoms with Gasteiger partial charge < -0.3 is 9.88 Å². The van der Waals surface area contributed by atoms with Crippen LogP contribution in [-0.4, -0.2) is 39.4 Å². The molecule has 9 heteroatoms.